The van der Waals surface area contributed by atoms with Crippen molar-refractivity contribution >= 4 is 16.9 Å². The average Bonchev–Trinajstić information content (AvgIpc) is 2.77. The summed E-state index contributed by atoms with van der Waals surface area (Å²) in [6.07, 6.45) is 5.01. The molecular formula is C25H26O2S. The first-order chi connectivity index (χ1) is 13.8. The third-order valence-electron chi connectivity index (χ3n) is 4.88. The van der Waals surface area contributed by atoms with E-state index in [0.29, 0.717) is 0 Å². The standard InChI is InChI=1S/C18H15S.C7H12O2/c1-4-10-16(11-5-1)19(17-12-6-2-7-13-17)18-14-8-3-9-15-18;8-7(9)6-4-2-1-3-5-6/h1-15H;6H,1-5H2,(H,8,9)/q+1;/p-1. The predicted octanol–water partition coefficient (Wildman–Crippen LogP) is 5.10. The number of carboxylic acid groups (broad SMARTS) is 1. The summed E-state index contributed by atoms with van der Waals surface area (Å²) in [5.41, 5.74) is 0. The van der Waals surface area contributed by atoms with Gasteiger partial charge in [0.1, 0.15) is 0 Å². The normalized spacial score (nSPS) is 14.2. The lowest BCUT2D eigenvalue weighted by atomic mass is 9.90. The van der Waals surface area contributed by atoms with Gasteiger partial charge in [-0.25, -0.2) is 0 Å². The monoisotopic (exact) mass is 390 g/mol. The Hall–Kier alpha value is -2.52. The zero-order valence-electron chi connectivity index (χ0n) is 16.0. The van der Waals surface area contributed by atoms with Crippen LogP contribution in [-0.4, -0.2) is 5.97 Å². The van der Waals surface area contributed by atoms with E-state index in [-0.39, 0.29) is 16.8 Å². The summed E-state index contributed by atoms with van der Waals surface area (Å²) in [4.78, 5) is 14.3. The number of carboxylic acids is 1. The molecule has 2 nitrogen and oxygen atoms in total. The number of benzene rings is 3. The Balaban J connectivity index is 0.000000211. The van der Waals surface area contributed by atoms with Gasteiger partial charge in [-0.15, -0.1) is 0 Å². The minimum Gasteiger partial charge on any atom is -0.550 e. The lowest BCUT2D eigenvalue weighted by molar-refractivity contribution is -0.312. The third kappa shape index (κ3) is 5.74. The van der Waals surface area contributed by atoms with Gasteiger partial charge in [0, 0.05) is 5.97 Å². The highest BCUT2D eigenvalue weighted by atomic mass is 32.2. The van der Waals surface area contributed by atoms with Gasteiger partial charge in [-0.05, 0) is 55.2 Å². The fraction of sp³-hybridized carbons (Fsp3) is 0.240. The highest BCUT2D eigenvalue weighted by molar-refractivity contribution is 7.97. The van der Waals surface area contributed by atoms with Gasteiger partial charge >= 0.3 is 0 Å². The Morgan fingerprint density at radius 3 is 1.29 bits per heavy atom. The highest BCUT2D eigenvalue weighted by Gasteiger charge is 2.27. The van der Waals surface area contributed by atoms with Crippen LogP contribution < -0.4 is 5.11 Å². The maximum Gasteiger partial charge on any atom is 0.166 e. The lowest BCUT2D eigenvalue weighted by Gasteiger charge is -2.21. The van der Waals surface area contributed by atoms with Crippen LogP contribution in [0.2, 0.25) is 0 Å². The molecule has 4 rings (SSSR count). The van der Waals surface area contributed by atoms with Crippen molar-refractivity contribution in [1.82, 2.24) is 0 Å². The summed E-state index contributed by atoms with van der Waals surface area (Å²) in [7, 11) is -0.0146. The maximum absolute atomic E-state index is 10.2. The molecule has 0 atom stereocenters. The molecule has 3 heteroatoms. The zero-order chi connectivity index (χ0) is 19.6. The van der Waals surface area contributed by atoms with Gasteiger partial charge in [0.2, 0.25) is 0 Å². The molecule has 0 unspecified atom stereocenters. The number of carbonyl (C=O) groups excluding carboxylic acids is 1. The van der Waals surface area contributed by atoms with Crippen LogP contribution in [0.15, 0.2) is 106 Å². The van der Waals surface area contributed by atoms with Crippen LogP contribution in [0.1, 0.15) is 32.1 Å². The third-order valence-corrected chi connectivity index (χ3v) is 7.11. The van der Waals surface area contributed by atoms with E-state index < -0.39 is 5.97 Å². The molecule has 1 fully saturated rings. The molecule has 0 radical (unpaired) electrons. The van der Waals surface area contributed by atoms with Gasteiger partial charge in [-0.2, -0.15) is 0 Å². The Labute approximate surface area is 170 Å². The van der Waals surface area contributed by atoms with E-state index in [2.05, 4.69) is 91.0 Å². The molecule has 1 saturated carbocycles. The minimum atomic E-state index is -0.852. The lowest BCUT2D eigenvalue weighted by Crippen LogP contribution is -2.32. The maximum atomic E-state index is 10.2. The molecule has 0 aromatic heterocycles. The molecule has 144 valence electrons. The molecule has 1 aliphatic rings. The van der Waals surface area contributed by atoms with Gasteiger partial charge in [-0.1, -0.05) is 73.9 Å². The predicted molar refractivity (Wildman–Crippen MR) is 113 cm³/mol. The van der Waals surface area contributed by atoms with Crippen molar-refractivity contribution in [3.63, 3.8) is 0 Å². The van der Waals surface area contributed by atoms with Gasteiger partial charge < -0.3 is 9.90 Å². The number of rotatable bonds is 4. The smallest absolute Gasteiger partial charge is 0.166 e. The summed E-state index contributed by atoms with van der Waals surface area (Å²) in [5, 5.41) is 10.2. The Kier molecular flexibility index (Phi) is 7.74. The van der Waals surface area contributed by atoms with Gasteiger partial charge in [0.25, 0.3) is 0 Å². The van der Waals surface area contributed by atoms with E-state index in [1.54, 1.807) is 0 Å². The van der Waals surface area contributed by atoms with Crippen LogP contribution in [0.5, 0.6) is 0 Å². The zero-order valence-corrected chi connectivity index (χ0v) is 16.8. The first-order valence-corrected chi connectivity index (χ1v) is 11.1. The summed E-state index contributed by atoms with van der Waals surface area (Å²) in [5.74, 6) is -0.992. The van der Waals surface area contributed by atoms with E-state index >= 15 is 0 Å². The summed E-state index contributed by atoms with van der Waals surface area (Å²) in [6, 6.07) is 32.2. The molecule has 0 aliphatic heterocycles. The molecule has 0 bridgehead atoms. The quantitative estimate of drug-likeness (QED) is 0.582. The van der Waals surface area contributed by atoms with E-state index in [4.69, 9.17) is 0 Å². The second-order valence-electron chi connectivity index (χ2n) is 6.90. The molecule has 3 aromatic rings. The summed E-state index contributed by atoms with van der Waals surface area (Å²) < 4.78 is 0. The molecule has 0 spiro atoms. The van der Waals surface area contributed by atoms with Crippen molar-refractivity contribution in [3.8, 4) is 0 Å². The van der Waals surface area contributed by atoms with Gasteiger partial charge in [-0.3, -0.25) is 0 Å². The van der Waals surface area contributed by atoms with Crippen molar-refractivity contribution in [1.29, 1.82) is 0 Å². The molecule has 0 heterocycles. The van der Waals surface area contributed by atoms with E-state index in [9.17, 15) is 9.90 Å². The average molecular weight is 391 g/mol. The number of aliphatic carboxylic acids is 1. The van der Waals surface area contributed by atoms with Crippen molar-refractivity contribution in [2.45, 2.75) is 46.8 Å². The van der Waals surface area contributed by atoms with Crippen molar-refractivity contribution in [2.75, 3.05) is 0 Å². The molecule has 3 aromatic carbocycles. The first-order valence-electron chi connectivity index (χ1n) is 9.86. The second-order valence-corrected chi connectivity index (χ2v) is 8.93. The molecule has 0 amide bonds. The van der Waals surface area contributed by atoms with E-state index in [1.165, 1.54) is 21.1 Å². The molecule has 0 N–H and O–H groups in total. The highest BCUT2D eigenvalue weighted by Crippen LogP contribution is 2.30. The van der Waals surface area contributed by atoms with Crippen LogP contribution in [0.3, 0.4) is 0 Å². The van der Waals surface area contributed by atoms with Crippen LogP contribution in [0, 0.1) is 5.92 Å². The second kappa shape index (κ2) is 10.7. The van der Waals surface area contributed by atoms with Crippen LogP contribution >= 0.6 is 0 Å². The van der Waals surface area contributed by atoms with Crippen LogP contribution in [-0.2, 0) is 15.7 Å². The first kappa shape index (κ1) is 20.2. The summed E-state index contributed by atoms with van der Waals surface area (Å²) >= 11 is 0. The topological polar surface area (TPSA) is 40.1 Å². The molecule has 0 saturated heterocycles. The Morgan fingerprint density at radius 1 is 0.643 bits per heavy atom. The van der Waals surface area contributed by atoms with E-state index in [1.807, 2.05) is 0 Å². The molecule has 28 heavy (non-hydrogen) atoms. The Morgan fingerprint density at radius 2 is 1.00 bits per heavy atom. The fourth-order valence-electron chi connectivity index (χ4n) is 3.42. The number of hydrogen-bond acceptors (Lipinski definition) is 2. The SMILES string of the molecule is O=C([O-])C1CCCCC1.c1ccc([S+](c2ccccc2)c2ccccc2)cc1. The molecular weight excluding hydrogens is 364 g/mol. The number of carbonyl (C=O) groups is 1. The Bertz CT molecular complexity index is 734. The minimum absolute atomic E-state index is 0.0146. The van der Waals surface area contributed by atoms with Gasteiger partial charge in [0.05, 0.1) is 10.9 Å². The van der Waals surface area contributed by atoms with Crippen LogP contribution in [0.25, 0.3) is 0 Å². The van der Waals surface area contributed by atoms with Gasteiger partial charge in [0.15, 0.2) is 14.7 Å². The molecule has 1 aliphatic carbocycles. The largest absolute Gasteiger partial charge is 0.550 e. The van der Waals surface area contributed by atoms with Crippen LogP contribution in [0.4, 0.5) is 0 Å². The van der Waals surface area contributed by atoms with Crippen molar-refractivity contribution < 1.29 is 9.90 Å². The summed E-state index contributed by atoms with van der Waals surface area (Å²) in [6.45, 7) is 0. The fourth-order valence-corrected chi connectivity index (χ4v) is 5.52. The van der Waals surface area contributed by atoms with E-state index in [0.717, 1.165) is 25.7 Å². The van der Waals surface area contributed by atoms with Crippen molar-refractivity contribution in [2.24, 2.45) is 5.92 Å². The van der Waals surface area contributed by atoms with Crippen molar-refractivity contribution in [3.05, 3.63) is 91.0 Å². The number of hydrogen-bond donors (Lipinski definition) is 0.